The molecule has 0 spiro atoms. The van der Waals surface area contributed by atoms with Crippen molar-refractivity contribution in [2.45, 2.75) is 31.8 Å². The number of hydrogen-bond acceptors (Lipinski definition) is 6. The summed E-state index contributed by atoms with van der Waals surface area (Å²) in [6.45, 7) is 1.63. The standard InChI is InChI=1S/C11H18N3O5P3/c1-6(15)12-9-2-3-14(11(17)13-9)10-4-7(16)8(19-10)5-18-21-22-20/h2-3,7-8,10,16,21-22H,4-5,20H2,1H3,(H,12,13,15,17)/t7?,8-,10-/m1/s1. The van der Waals surface area contributed by atoms with Crippen LogP contribution in [-0.4, -0.2) is 39.4 Å². The summed E-state index contributed by atoms with van der Waals surface area (Å²) in [7, 11) is 3.57. The average molecular weight is 365 g/mol. The molecule has 8 nitrogen and oxygen atoms in total. The van der Waals surface area contributed by atoms with Crippen molar-refractivity contribution < 1.29 is 19.2 Å². The summed E-state index contributed by atoms with van der Waals surface area (Å²) in [6, 6.07) is 1.51. The van der Waals surface area contributed by atoms with Crippen LogP contribution in [0.4, 0.5) is 5.82 Å². The van der Waals surface area contributed by atoms with Crippen molar-refractivity contribution in [2.24, 2.45) is 0 Å². The molecule has 0 aromatic carbocycles. The largest absolute Gasteiger partial charge is 0.390 e. The zero-order chi connectivity index (χ0) is 16.1. The molecule has 4 unspecified atom stereocenters. The lowest BCUT2D eigenvalue weighted by Crippen LogP contribution is -2.28. The summed E-state index contributed by atoms with van der Waals surface area (Å²) >= 11 is 0. The van der Waals surface area contributed by atoms with Gasteiger partial charge in [0, 0.05) is 28.0 Å². The van der Waals surface area contributed by atoms with Crippen LogP contribution in [0.1, 0.15) is 19.6 Å². The SMILES string of the molecule is CC(=O)Nc1ccn([C@H]2CC(O)[C@@H](COPPP)O2)c(=O)n1. The third kappa shape index (κ3) is 4.76. The van der Waals surface area contributed by atoms with E-state index in [1.165, 1.54) is 23.8 Å². The molecule has 1 fully saturated rings. The molecular weight excluding hydrogens is 347 g/mol. The molecule has 2 N–H and O–H groups in total. The second-order valence-electron chi connectivity index (χ2n) is 4.67. The Hall–Kier alpha value is -0.480. The first-order chi connectivity index (χ1) is 10.5. The molecule has 1 aromatic heterocycles. The Balaban J connectivity index is 2.03. The van der Waals surface area contributed by atoms with Crippen molar-refractivity contribution >= 4 is 37.1 Å². The maximum absolute atomic E-state index is 12.0. The van der Waals surface area contributed by atoms with E-state index in [0.717, 1.165) is 0 Å². The first-order valence-corrected chi connectivity index (χ1v) is 11.3. The topological polar surface area (TPSA) is 103 Å². The van der Waals surface area contributed by atoms with Gasteiger partial charge in [0.05, 0.1) is 12.7 Å². The minimum absolute atomic E-state index is 0.190. The summed E-state index contributed by atoms with van der Waals surface area (Å²) in [5.74, 6) is -0.111. The number of amides is 1. The lowest BCUT2D eigenvalue weighted by atomic mass is 10.2. The predicted octanol–water partition coefficient (Wildman–Crippen LogP) is 0.844. The third-order valence-corrected chi connectivity index (χ3v) is 5.30. The highest BCUT2D eigenvalue weighted by molar-refractivity contribution is 8.37. The quantitative estimate of drug-likeness (QED) is 0.572. The highest BCUT2D eigenvalue weighted by Gasteiger charge is 2.35. The molecule has 0 saturated carbocycles. The number of aliphatic hydroxyl groups is 1. The van der Waals surface area contributed by atoms with Crippen LogP contribution in [0.25, 0.3) is 0 Å². The van der Waals surface area contributed by atoms with E-state index in [9.17, 15) is 14.7 Å². The van der Waals surface area contributed by atoms with Crippen molar-refractivity contribution in [1.29, 1.82) is 0 Å². The highest BCUT2D eigenvalue weighted by Crippen LogP contribution is 2.44. The van der Waals surface area contributed by atoms with E-state index >= 15 is 0 Å². The summed E-state index contributed by atoms with van der Waals surface area (Å²) in [4.78, 5) is 26.7. The van der Waals surface area contributed by atoms with Crippen LogP contribution in [-0.2, 0) is 14.1 Å². The fourth-order valence-corrected chi connectivity index (χ4v) is 3.66. The van der Waals surface area contributed by atoms with E-state index < -0.39 is 24.1 Å². The number of ether oxygens (including phenoxy) is 1. The Morgan fingerprint density at radius 1 is 1.73 bits per heavy atom. The van der Waals surface area contributed by atoms with Gasteiger partial charge in [0.15, 0.2) is 0 Å². The monoisotopic (exact) mass is 365 g/mol. The molecule has 1 aliphatic rings. The van der Waals surface area contributed by atoms with Crippen molar-refractivity contribution in [3.63, 3.8) is 0 Å². The number of aliphatic hydroxyl groups excluding tert-OH is 1. The van der Waals surface area contributed by atoms with Gasteiger partial charge >= 0.3 is 5.69 Å². The molecule has 1 aromatic rings. The lowest BCUT2D eigenvalue weighted by Gasteiger charge is -2.16. The summed E-state index contributed by atoms with van der Waals surface area (Å²) in [5, 5.41) is 12.4. The number of anilines is 1. The minimum Gasteiger partial charge on any atom is -0.390 e. The van der Waals surface area contributed by atoms with Crippen LogP contribution in [0.3, 0.4) is 0 Å². The number of carbonyl (C=O) groups is 1. The van der Waals surface area contributed by atoms with Crippen LogP contribution < -0.4 is 11.0 Å². The molecule has 2 rings (SSSR count). The smallest absolute Gasteiger partial charge is 0.351 e. The van der Waals surface area contributed by atoms with Crippen LogP contribution >= 0.6 is 25.4 Å². The molecule has 0 aliphatic carbocycles. The zero-order valence-corrected chi connectivity index (χ0v) is 15.0. The Morgan fingerprint density at radius 2 is 2.50 bits per heavy atom. The van der Waals surface area contributed by atoms with E-state index in [-0.39, 0.29) is 11.7 Å². The Labute approximate surface area is 133 Å². The maximum Gasteiger partial charge on any atom is 0.351 e. The molecule has 1 saturated heterocycles. The molecule has 122 valence electrons. The van der Waals surface area contributed by atoms with E-state index in [1.807, 2.05) is 0 Å². The molecule has 1 aliphatic heterocycles. The molecule has 0 bridgehead atoms. The van der Waals surface area contributed by atoms with Crippen molar-refractivity contribution in [2.75, 3.05) is 11.9 Å². The molecule has 0 radical (unpaired) electrons. The Morgan fingerprint density at radius 3 is 3.14 bits per heavy atom. The highest BCUT2D eigenvalue weighted by atomic mass is 32.4. The molecule has 11 heteroatoms. The van der Waals surface area contributed by atoms with Crippen molar-refractivity contribution in [3.8, 4) is 0 Å². The maximum atomic E-state index is 12.0. The van der Waals surface area contributed by atoms with Gasteiger partial charge in [-0.25, -0.2) is 4.79 Å². The van der Waals surface area contributed by atoms with Gasteiger partial charge in [-0.2, -0.15) is 4.98 Å². The van der Waals surface area contributed by atoms with Crippen LogP contribution in [0, 0.1) is 0 Å². The fourth-order valence-electron chi connectivity index (χ4n) is 2.08. The fraction of sp³-hybridized carbons (Fsp3) is 0.545. The van der Waals surface area contributed by atoms with Gasteiger partial charge in [0.1, 0.15) is 18.1 Å². The van der Waals surface area contributed by atoms with E-state index in [0.29, 0.717) is 29.5 Å². The average Bonchev–Trinajstić information content (AvgIpc) is 2.80. The van der Waals surface area contributed by atoms with E-state index in [4.69, 9.17) is 9.26 Å². The van der Waals surface area contributed by atoms with E-state index in [2.05, 4.69) is 19.2 Å². The van der Waals surface area contributed by atoms with Crippen LogP contribution in [0.2, 0.25) is 0 Å². The van der Waals surface area contributed by atoms with Gasteiger partial charge in [0.2, 0.25) is 5.91 Å². The van der Waals surface area contributed by atoms with Gasteiger partial charge in [-0.15, -0.1) is 8.93 Å². The molecule has 2 heterocycles. The zero-order valence-electron chi connectivity index (χ0n) is 11.9. The van der Waals surface area contributed by atoms with Gasteiger partial charge in [-0.05, 0) is 6.07 Å². The van der Waals surface area contributed by atoms with Crippen LogP contribution in [0.15, 0.2) is 17.1 Å². The Kier molecular flexibility index (Phi) is 6.82. The first kappa shape index (κ1) is 17.9. The lowest BCUT2D eigenvalue weighted by molar-refractivity contribution is -0.114. The number of aromatic nitrogens is 2. The van der Waals surface area contributed by atoms with Gasteiger partial charge in [-0.1, -0.05) is 7.96 Å². The second kappa shape index (κ2) is 8.39. The predicted molar refractivity (Wildman–Crippen MR) is 89.6 cm³/mol. The third-order valence-electron chi connectivity index (χ3n) is 3.03. The minimum atomic E-state index is -0.690. The summed E-state index contributed by atoms with van der Waals surface area (Å²) in [6.07, 6.45) is 0.0520. The number of nitrogens with one attached hydrogen (secondary N) is 1. The number of nitrogens with zero attached hydrogens (tertiary/aromatic N) is 2. The molecule has 22 heavy (non-hydrogen) atoms. The summed E-state index contributed by atoms with van der Waals surface area (Å²) in [5.41, 5.74) is -0.543. The van der Waals surface area contributed by atoms with Gasteiger partial charge in [0.25, 0.3) is 0 Å². The summed E-state index contributed by atoms with van der Waals surface area (Å²) < 4.78 is 12.4. The molecular formula is C11H18N3O5P3. The van der Waals surface area contributed by atoms with Gasteiger partial charge in [-0.3, -0.25) is 9.36 Å². The van der Waals surface area contributed by atoms with Gasteiger partial charge < -0.3 is 19.7 Å². The van der Waals surface area contributed by atoms with Crippen LogP contribution in [0.5, 0.6) is 0 Å². The molecule has 1 amide bonds. The number of rotatable bonds is 6. The second-order valence-corrected chi connectivity index (χ2v) is 9.53. The number of hydrogen-bond donors (Lipinski definition) is 2. The number of carbonyl (C=O) groups excluding carboxylic acids is 1. The van der Waals surface area contributed by atoms with Crippen molar-refractivity contribution in [3.05, 3.63) is 22.7 Å². The molecule has 6 atom stereocenters. The first-order valence-electron chi connectivity index (χ1n) is 6.54. The van der Waals surface area contributed by atoms with Crippen molar-refractivity contribution in [1.82, 2.24) is 9.55 Å². The Bertz CT molecular complexity index is 584. The normalized spacial score (nSPS) is 25.5. The van der Waals surface area contributed by atoms with E-state index in [1.54, 1.807) is 0 Å².